The molecular formula is C12H13N4O3S2. The van der Waals surface area contributed by atoms with Crippen LogP contribution in [0.1, 0.15) is 12.6 Å². The minimum absolute atomic E-state index is 0.0113. The minimum Gasteiger partial charge on any atom is -0.369 e. The fourth-order valence-electron chi connectivity index (χ4n) is 2.27. The number of aromatic amines is 1. The summed E-state index contributed by atoms with van der Waals surface area (Å²) in [5.41, 5.74) is 5.11. The van der Waals surface area contributed by atoms with Crippen LogP contribution in [0.25, 0.3) is 10.3 Å². The molecule has 111 valence electrons. The van der Waals surface area contributed by atoms with Gasteiger partial charge in [-0.05, 0) is 13.3 Å². The molecule has 21 heavy (non-hydrogen) atoms. The van der Waals surface area contributed by atoms with Gasteiger partial charge in [0.05, 0.1) is 5.25 Å². The van der Waals surface area contributed by atoms with Crippen molar-refractivity contribution in [3.63, 3.8) is 0 Å². The Hall–Kier alpha value is -1.58. The maximum Gasteiger partial charge on any atom is 0.311 e. The van der Waals surface area contributed by atoms with Gasteiger partial charge in [0.2, 0.25) is 5.95 Å². The van der Waals surface area contributed by atoms with Crippen LogP contribution in [0.4, 0.5) is 5.95 Å². The van der Waals surface area contributed by atoms with Gasteiger partial charge in [0.15, 0.2) is 11.9 Å². The number of aromatic nitrogens is 3. The molecule has 3 atom stereocenters. The van der Waals surface area contributed by atoms with Crippen molar-refractivity contribution in [3.8, 4) is 0 Å². The Labute approximate surface area is 127 Å². The zero-order valence-electron chi connectivity index (χ0n) is 10.9. The van der Waals surface area contributed by atoms with Gasteiger partial charge in [0.1, 0.15) is 10.1 Å². The number of thioether (sulfide) groups is 1. The normalized spacial score (nSPS) is 25.5. The lowest BCUT2D eigenvalue weighted by molar-refractivity contribution is 0.0225. The maximum atomic E-state index is 12.3. The molecule has 0 amide bonds. The van der Waals surface area contributed by atoms with Crippen LogP contribution in [-0.4, -0.2) is 25.2 Å². The highest BCUT2D eigenvalue weighted by atomic mass is 32.2. The van der Waals surface area contributed by atoms with Crippen molar-refractivity contribution in [1.82, 2.24) is 14.5 Å². The molecule has 1 fully saturated rings. The summed E-state index contributed by atoms with van der Waals surface area (Å²) in [7, 11) is 0. The standard InChI is InChI=1S/C12H13N4O3S2/c1-3-4-6-10(19-5(2)20-6)16-8-7(21-12(16)18)9(17)15-11(13)14-8/h3,5-6,10H,1-2,4H2,(H3,13,14,15,17). The molecule has 1 saturated heterocycles. The van der Waals surface area contributed by atoms with Gasteiger partial charge in [-0.25, -0.2) is 0 Å². The summed E-state index contributed by atoms with van der Waals surface area (Å²) in [6, 6.07) is 0. The summed E-state index contributed by atoms with van der Waals surface area (Å²) in [5, 5.41) is -0.0113. The quantitative estimate of drug-likeness (QED) is 0.819. The molecule has 1 aliphatic rings. The Morgan fingerprint density at radius 1 is 1.52 bits per heavy atom. The second-order valence-electron chi connectivity index (χ2n) is 4.50. The van der Waals surface area contributed by atoms with E-state index in [-0.39, 0.29) is 31.9 Å². The topological polar surface area (TPSA) is 103 Å². The lowest BCUT2D eigenvalue weighted by Crippen LogP contribution is -2.26. The number of anilines is 1. The predicted octanol–water partition coefficient (Wildman–Crippen LogP) is 1.10. The average molecular weight is 325 g/mol. The van der Waals surface area contributed by atoms with Crippen LogP contribution in [-0.2, 0) is 4.74 Å². The Kier molecular flexibility index (Phi) is 3.64. The molecule has 2 aromatic heterocycles. The first-order chi connectivity index (χ1) is 10.0. The number of rotatable bonds is 3. The molecule has 0 aliphatic carbocycles. The van der Waals surface area contributed by atoms with E-state index in [9.17, 15) is 9.59 Å². The van der Waals surface area contributed by atoms with Crippen molar-refractivity contribution in [2.75, 3.05) is 5.73 Å². The number of H-pyrrole nitrogens is 1. The van der Waals surface area contributed by atoms with E-state index in [2.05, 4.69) is 23.5 Å². The molecule has 3 N–H and O–H groups in total. The number of hydrogen-bond donors (Lipinski definition) is 2. The van der Waals surface area contributed by atoms with Gasteiger partial charge >= 0.3 is 4.87 Å². The molecule has 3 rings (SSSR count). The number of nitrogens with one attached hydrogen (secondary N) is 1. The van der Waals surface area contributed by atoms with Crippen LogP contribution >= 0.6 is 23.1 Å². The maximum absolute atomic E-state index is 12.3. The lowest BCUT2D eigenvalue weighted by atomic mass is 10.2. The second kappa shape index (κ2) is 5.32. The van der Waals surface area contributed by atoms with Crippen molar-refractivity contribution < 1.29 is 4.74 Å². The molecule has 9 heteroatoms. The van der Waals surface area contributed by atoms with Gasteiger partial charge in [-0.1, -0.05) is 17.4 Å². The number of ether oxygens (including phenoxy) is 1. The van der Waals surface area contributed by atoms with E-state index in [1.54, 1.807) is 6.08 Å². The number of nitrogens with two attached hydrogens (primary N) is 1. The lowest BCUT2D eigenvalue weighted by Gasteiger charge is -2.17. The van der Waals surface area contributed by atoms with E-state index >= 15 is 0 Å². The number of allylic oxidation sites excluding steroid dienone is 1. The van der Waals surface area contributed by atoms with Gasteiger partial charge in [-0.3, -0.25) is 19.1 Å². The third kappa shape index (κ3) is 2.41. The summed E-state index contributed by atoms with van der Waals surface area (Å²) < 4.78 is 7.35. The predicted molar refractivity (Wildman–Crippen MR) is 84.4 cm³/mol. The fourth-order valence-corrected chi connectivity index (χ4v) is 4.25. The Balaban J connectivity index is 2.20. The summed E-state index contributed by atoms with van der Waals surface area (Å²) in [5.74, 6) is -0.0313. The number of fused-ring (bicyclic) bond motifs is 1. The molecule has 1 aliphatic heterocycles. The van der Waals surface area contributed by atoms with Crippen molar-refractivity contribution in [1.29, 1.82) is 0 Å². The molecule has 7 nitrogen and oxygen atoms in total. The van der Waals surface area contributed by atoms with Crippen molar-refractivity contribution in [2.24, 2.45) is 0 Å². The fraction of sp³-hybridized carbons (Fsp3) is 0.333. The average Bonchev–Trinajstić information content (AvgIpc) is 2.90. The number of hydrogen-bond acceptors (Lipinski definition) is 7. The highest BCUT2D eigenvalue weighted by Gasteiger charge is 2.36. The third-order valence-corrected chi connectivity index (χ3v) is 5.21. The summed E-state index contributed by atoms with van der Waals surface area (Å²) >= 11 is 2.35. The van der Waals surface area contributed by atoms with Crippen LogP contribution in [0.3, 0.4) is 0 Å². The summed E-state index contributed by atoms with van der Waals surface area (Å²) in [4.78, 5) is 30.3. The van der Waals surface area contributed by atoms with Gasteiger partial charge < -0.3 is 10.5 Å². The SMILES string of the molecule is [CH2]C1OC(n2c(=O)sc3c(=O)[nH]c(N)nc32)C(CC=C)S1. The number of nitrogens with zero attached hydrogens (tertiary/aromatic N) is 2. The monoisotopic (exact) mass is 325 g/mol. The van der Waals surface area contributed by atoms with E-state index in [0.29, 0.717) is 6.42 Å². The largest absolute Gasteiger partial charge is 0.369 e. The van der Waals surface area contributed by atoms with Crippen LogP contribution in [0.5, 0.6) is 0 Å². The molecule has 3 unspecified atom stereocenters. The highest BCUT2D eigenvalue weighted by molar-refractivity contribution is 8.00. The van der Waals surface area contributed by atoms with E-state index in [0.717, 1.165) is 11.3 Å². The molecule has 0 spiro atoms. The first kappa shape index (κ1) is 14.4. The Bertz CT molecular complexity index is 809. The molecule has 0 aromatic carbocycles. The van der Waals surface area contributed by atoms with Crippen LogP contribution < -0.4 is 16.2 Å². The zero-order valence-corrected chi connectivity index (χ0v) is 12.6. The van der Waals surface area contributed by atoms with Crippen LogP contribution in [0.2, 0.25) is 0 Å². The smallest absolute Gasteiger partial charge is 0.311 e. The molecule has 0 saturated carbocycles. The molecule has 2 aromatic rings. The summed E-state index contributed by atoms with van der Waals surface area (Å²) in [6.07, 6.45) is 1.88. The molecule has 3 heterocycles. The molecule has 1 radical (unpaired) electrons. The first-order valence-electron chi connectivity index (χ1n) is 6.17. The van der Waals surface area contributed by atoms with E-state index in [1.165, 1.54) is 16.3 Å². The van der Waals surface area contributed by atoms with Crippen LogP contribution in [0.15, 0.2) is 22.2 Å². The van der Waals surface area contributed by atoms with Crippen molar-refractivity contribution in [2.45, 2.75) is 23.3 Å². The van der Waals surface area contributed by atoms with Gasteiger partial charge in [-0.15, -0.1) is 18.3 Å². The van der Waals surface area contributed by atoms with Gasteiger partial charge in [-0.2, -0.15) is 4.98 Å². The van der Waals surface area contributed by atoms with E-state index in [4.69, 9.17) is 10.5 Å². The number of nitrogen functional groups attached to an aromatic ring is 1. The summed E-state index contributed by atoms with van der Waals surface area (Å²) in [6.45, 7) is 7.57. The van der Waals surface area contributed by atoms with Crippen LogP contribution in [0, 0.1) is 6.92 Å². The van der Waals surface area contributed by atoms with E-state index in [1.807, 2.05) is 0 Å². The first-order valence-corrected chi connectivity index (χ1v) is 7.93. The van der Waals surface area contributed by atoms with Crippen molar-refractivity contribution in [3.05, 3.63) is 39.6 Å². The molecule has 0 bridgehead atoms. The van der Waals surface area contributed by atoms with Gasteiger partial charge in [0.25, 0.3) is 5.56 Å². The van der Waals surface area contributed by atoms with Crippen molar-refractivity contribution >= 4 is 39.4 Å². The highest BCUT2D eigenvalue weighted by Crippen LogP contribution is 2.41. The minimum atomic E-state index is -0.537. The van der Waals surface area contributed by atoms with E-state index < -0.39 is 11.8 Å². The number of thiazole rings is 1. The second-order valence-corrected chi connectivity index (χ2v) is 6.86. The molecular weight excluding hydrogens is 312 g/mol. The zero-order chi connectivity index (χ0) is 15.1. The third-order valence-electron chi connectivity index (χ3n) is 3.08. The Morgan fingerprint density at radius 3 is 3.00 bits per heavy atom. The Morgan fingerprint density at radius 2 is 2.29 bits per heavy atom. The van der Waals surface area contributed by atoms with Gasteiger partial charge in [0, 0.05) is 0 Å².